The Kier molecular flexibility index (Phi) is 2.88. The van der Waals surface area contributed by atoms with E-state index in [-0.39, 0.29) is 0 Å². The van der Waals surface area contributed by atoms with Crippen molar-refractivity contribution in [1.82, 2.24) is 15.0 Å². The fourth-order valence-corrected chi connectivity index (χ4v) is 2.53. The average molecular weight is 278 g/mol. The molecule has 0 saturated carbocycles. The standard InChI is InChI=1S/C16H14N4O/c1-3-8-17-12(5-1)16-19-13-11-20(10-7-14(13)21-16)15-6-2-4-9-18-15/h1-6,8-9H,7,10-11H2. The molecule has 0 unspecified atom stereocenters. The molecule has 3 aromatic rings. The SMILES string of the molecule is c1ccc(-c2nc3c(o2)CCN(c2ccccn2)C3)nc1. The topological polar surface area (TPSA) is 55.1 Å². The average Bonchev–Trinajstić information content (AvgIpc) is 2.99. The van der Waals surface area contributed by atoms with Gasteiger partial charge in [0.25, 0.3) is 0 Å². The zero-order valence-corrected chi connectivity index (χ0v) is 11.4. The summed E-state index contributed by atoms with van der Waals surface area (Å²) >= 11 is 0. The maximum atomic E-state index is 5.86. The van der Waals surface area contributed by atoms with E-state index in [1.165, 1.54) is 0 Å². The third kappa shape index (κ3) is 2.27. The number of fused-ring (bicyclic) bond motifs is 1. The van der Waals surface area contributed by atoms with Crippen LogP contribution >= 0.6 is 0 Å². The van der Waals surface area contributed by atoms with Gasteiger partial charge in [-0.3, -0.25) is 4.98 Å². The predicted molar refractivity (Wildman–Crippen MR) is 78.7 cm³/mol. The molecule has 0 aromatic carbocycles. The highest BCUT2D eigenvalue weighted by Gasteiger charge is 2.23. The number of hydrogen-bond donors (Lipinski definition) is 0. The van der Waals surface area contributed by atoms with Crippen LogP contribution < -0.4 is 4.90 Å². The van der Waals surface area contributed by atoms with E-state index in [0.29, 0.717) is 5.89 Å². The molecule has 21 heavy (non-hydrogen) atoms. The maximum absolute atomic E-state index is 5.86. The molecule has 0 N–H and O–H groups in total. The van der Waals surface area contributed by atoms with Gasteiger partial charge >= 0.3 is 0 Å². The van der Waals surface area contributed by atoms with Crippen LogP contribution in [0, 0.1) is 0 Å². The summed E-state index contributed by atoms with van der Waals surface area (Å²) in [6, 6.07) is 11.7. The number of oxazole rings is 1. The van der Waals surface area contributed by atoms with Gasteiger partial charge < -0.3 is 9.32 Å². The summed E-state index contributed by atoms with van der Waals surface area (Å²) in [6.07, 6.45) is 4.40. The smallest absolute Gasteiger partial charge is 0.245 e. The van der Waals surface area contributed by atoms with Crippen LogP contribution in [0.15, 0.2) is 53.2 Å². The Bertz CT molecular complexity index is 739. The van der Waals surface area contributed by atoms with Gasteiger partial charge in [0, 0.05) is 25.4 Å². The summed E-state index contributed by atoms with van der Waals surface area (Å²) in [5.74, 6) is 2.54. The van der Waals surface area contributed by atoms with Crippen LogP contribution in [0.5, 0.6) is 0 Å². The molecule has 1 aliphatic rings. The molecule has 0 atom stereocenters. The highest BCUT2D eigenvalue weighted by Crippen LogP contribution is 2.26. The Morgan fingerprint density at radius 2 is 1.86 bits per heavy atom. The summed E-state index contributed by atoms with van der Waals surface area (Å²) in [4.78, 5) is 15.5. The van der Waals surface area contributed by atoms with Crippen molar-refractivity contribution in [2.75, 3.05) is 11.4 Å². The van der Waals surface area contributed by atoms with Gasteiger partial charge in [0.15, 0.2) is 0 Å². The summed E-state index contributed by atoms with van der Waals surface area (Å²) in [7, 11) is 0. The fraction of sp³-hybridized carbons (Fsp3) is 0.188. The molecule has 4 rings (SSSR count). The number of pyridine rings is 2. The van der Waals surface area contributed by atoms with Crippen molar-refractivity contribution in [3.05, 3.63) is 60.2 Å². The van der Waals surface area contributed by atoms with Gasteiger partial charge in [-0.15, -0.1) is 0 Å². The molecule has 5 nitrogen and oxygen atoms in total. The molecular weight excluding hydrogens is 264 g/mol. The largest absolute Gasteiger partial charge is 0.439 e. The fourth-order valence-electron chi connectivity index (χ4n) is 2.53. The minimum atomic E-state index is 0.600. The molecule has 0 saturated heterocycles. The van der Waals surface area contributed by atoms with E-state index in [1.807, 2.05) is 42.6 Å². The lowest BCUT2D eigenvalue weighted by Crippen LogP contribution is -2.30. The second-order valence-corrected chi connectivity index (χ2v) is 4.96. The first-order valence-corrected chi connectivity index (χ1v) is 6.96. The van der Waals surface area contributed by atoms with Crippen molar-refractivity contribution in [2.24, 2.45) is 0 Å². The molecule has 1 aliphatic heterocycles. The van der Waals surface area contributed by atoms with E-state index in [0.717, 1.165) is 42.5 Å². The van der Waals surface area contributed by atoms with Gasteiger partial charge in [0.05, 0.1) is 6.54 Å². The van der Waals surface area contributed by atoms with E-state index < -0.39 is 0 Å². The first-order valence-electron chi connectivity index (χ1n) is 6.96. The van der Waals surface area contributed by atoms with E-state index >= 15 is 0 Å². The molecule has 0 amide bonds. The Morgan fingerprint density at radius 3 is 2.62 bits per heavy atom. The molecule has 0 fully saturated rings. The zero-order chi connectivity index (χ0) is 14.1. The Labute approximate surface area is 122 Å². The molecule has 0 spiro atoms. The molecule has 5 heteroatoms. The van der Waals surface area contributed by atoms with Crippen molar-refractivity contribution in [3.63, 3.8) is 0 Å². The minimum absolute atomic E-state index is 0.600. The summed E-state index contributed by atoms with van der Waals surface area (Å²) in [5, 5.41) is 0. The highest BCUT2D eigenvalue weighted by molar-refractivity contribution is 5.48. The van der Waals surface area contributed by atoms with Crippen molar-refractivity contribution < 1.29 is 4.42 Å². The zero-order valence-electron chi connectivity index (χ0n) is 11.4. The van der Waals surface area contributed by atoms with E-state index in [2.05, 4.69) is 19.9 Å². The lowest BCUT2D eigenvalue weighted by Gasteiger charge is -2.26. The monoisotopic (exact) mass is 278 g/mol. The maximum Gasteiger partial charge on any atom is 0.245 e. The van der Waals surface area contributed by atoms with Crippen LogP contribution in [-0.2, 0) is 13.0 Å². The van der Waals surface area contributed by atoms with Crippen LogP contribution in [0.2, 0.25) is 0 Å². The van der Waals surface area contributed by atoms with Gasteiger partial charge in [-0.2, -0.15) is 0 Å². The van der Waals surface area contributed by atoms with Gasteiger partial charge in [-0.25, -0.2) is 9.97 Å². The first kappa shape index (κ1) is 12.1. The number of rotatable bonds is 2. The molecule has 104 valence electrons. The molecule has 0 bridgehead atoms. The van der Waals surface area contributed by atoms with E-state index in [9.17, 15) is 0 Å². The predicted octanol–water partition coefficient (Wildman–Crippen LogP) is 2.69. The summed E-state index contributed by atoms with van der Waals surface area (Å²) < 4.78 is 5.86. The highest BCUT2D eigenvalue weighted by atomic mass is 16.4. The molecule has 0 aliphatic carbocycles. The van der Waals surface area contributed by atoms with Crippen molar-refractivity contribution >= 4 is 5.82 Å². The van der Waals surface area contributed by atoms with Crippen molar-refractivity contribution in [2.45, 2.75) is 13.0 Å². The Morgan fingerprint density at radius 1 is 1.00 bits per heavy atom. The third-order valence-electron chi connectivity index (χ3n) is 3.58. The molecular formula is C16H14N4O. The summed E-state index contributed by atoms with van der Waals surface area (Å²) in [5.41, 5.74) is 1.75. The van der Waals surface area contributed by atoms with Gasteiger partial charge in [-0.05, 0) is 24.3 Å². The Balaban J connectivity index is 1.63. The van der Waals surface area contributed by atoms with Crippen molar-refractivity contribution in [3.8, 4) is 11.6 Å². The molecule has 3 aromatic heterocycles. The molecule has 0 radical (unpaired) electrons. The first-order chi connectivity index (χ1) is 10.4. The number of hydrogen-bond acceptors (Lipinski definition) is 5. The van der Waals surface area contributed by atoms with Gasteiger partial charge in [0.1, 0.15) is 23.0 Å². The van der Waals surface area contributed by atoms with Crippen molar-refractivity contribution in [1.29, 1.82) is 0 Å². The van der Waals surface area contributed by atoms with Gasteiger partial charge in [-0.1, -0.05) is 12.1 Å². The van der Waals surface area contributed by atoms with Crippen LogP contribution in [0.1, 0.15) is 11.5 Å². The second-order valence-electron chi connectivity index (χ2n) is 4.96. The normalized spacial score (nSPS) is 14.0. The number of aromatic nitrogens is 3. The quantitative estimate of drug-likeness (QED) is 0.721. The van der Waals surface area contributed by atoms with Crippen LogP contribution in [0.25, 0.3) is 11.6 Å². The van der Waals surface area contributed by atoms with E-state index in [1.54, 1.807) is 6.20 Å². The van der Waals surface area contributed by atoms with Crippen LogP contribution in [-0.4, -0.2) is 21.5 Å². The summed E-state index contributed by atoms with van der Waals surface area (Å²) in [6.45, 7) is 1.61. The van der Waals surface area contributed by atoms with E-state index in [4.69, 9.17) is 4.42 Å². The third-order valence-corrected chi connectivity index (χ3v) is 3.58. The van der Waals surface area contributed by atoms with Crippen LogP contribution in [0.4, 0.5) is 5.82 Å². The molecule has 4 heterocycles. The Hall–Kier alpha value is -2.69. The van der Waals surface area contributed by atoms with Crippen LogP contribution in [0.3, 0.4) is 0 Å². The number of nitrogens with zero attached hydrogens (tertiary/aromatic N) is 4. The van der Waals surface area contributed by atoms with Gasteiger partial charge in [0.2, 0.25) is 5.89 Å². The lowest BCUT2D eigenvalue weighted by molar-refractivity contribution is 0.497. The minimum Gasteiger partial charge on any atom is -0.439 e. The lowest BCUT2D eigenvalue weighted by atomic mass is 10.1. The second kappa shape index (κ2) is 5.01. The number of anilines is 1.